The Morgan fingerprint density at radius 3 is 2.62 bits per heavy atom. The van der Waals surface area contributed by atoms with Crippen LogP contribution in [-0.2, 0) is 21.2 Å². The van der Waals surface area contributed by atoms with Crippen molar-refractivity contribution in [3.8, 4) is 11.3 Å². The summed E-state index contributed by atoms with van der Waals surface area (Å²) in [6.07, 6.45) is 0.421. The van der Waals surface area contributed by atoms with E-state index in [1.165, 1.54) is 11.0 Å². The van der Waals surface area contributed by atoms with Crippen molar-refractivity contribution < 1.29 is 13.2 Å². The summed E-state index contributed by atoms with van der Waals surface area (Å²) in [7, 11) is -1.52. The second-order valence-corrected chi connectivity index (χ2v) is 9.57. The van der Waals surface area contributed by atoms with Crippen LogP contribution in [0.2, 0.25) is 0 Å². The standard InChI is InChI=1S/C21H21N3O4S/c1-23(18-10-11-29(27,28)14-18)21(26)13-24-20(25)9-8-19(22-24)17-7-6-15-4-2-3-5-16(15)12-17/h2-9,12,18H,10-11,13-14H2,1H3/t18-/m1/s1. The smallest absolute Gasteiger partial charge is 0.267 e. The van der Waals surface area contributed by atoms with Gasteiger partial charge in [0.05, 0.1) is 17.2 Å². The SMILES string of the molecule is CN(C(=O)Cn1nc(-c2ccc3ccccc3c2)ccc1=O)[C@@H]1CCS(=O)(=O)C1. The number of hydrogen-bond acceptors (Lipinski definition) is 5. The van der Waals surface area contributed by atoms with Crippen molar-refractivity contribution in [3.05, 3.63) is 65.0 Å². The third kappa shape index (κ3) is 4.07. The van der Waals surface area contributed by atoms with Crippen molar-refractivity contribution in [2.45, 2.75) is 19.0 Å². The highest BCUT2D eigenvalue weighted by Gasteiger charge is 2.32. The summed E-state index contributed by atoms with van der Waals surface area (Å²) in [5.41, 5.74) is 1.06. The molecule has 29 heavy (non-hydrogen) atoms. The van der Waals surface area contributed by atoms with Gasteiger partial charge >= 0.3 is 0 Å². The highest BCUT2D eigenvalue weighted by atomic mass is 32.2. The number of fused-ring (bicyclic) bond motifs is 1. The molecule has 0 spiro atoms. The van der Waals surface area contributed by atoms with Crippen LogP contribution in [0.3, 0.4) is 0 Å². The summed E-state index contributed by atoms with van der Waals surface area (Å²) in [6, 6.07) is 16.5. The zero-order valence-corrected chi connectivity index (χ0v) is 16.8. The molecule has 2 heterocycles. The molecule has 3 aromatic rings. The average Bonchev–Trinajstić information content (AvgIpc) is 3.08. The van der Waals surface area contributed by atoms with Gasteiger partial charge < -0.3 is 4.90 Å². The third-order valence-corrected chi connectivity index (χ3v) is 7.10. The molecular formula is C21H21N3O4S. The number of likely N-dealkylation sites (N-methyl/N-ethyl adjacent to an activating group) is 1. The molecule has 7 nitrogen and oxygen atoms in total. The molecule has 1 amide bonds. The van der Waals surface area contributed by atoms with Gasteiger partial charge in [0.25, 0.3) is 5.56 Å². The van der Waals surface area contributed by atoms with Crippen LogP contribution >= 0.6 is 0 Å². The van der Waals surface area contributed by atoms with E-state index in [2.05, 4.69) is 5.10 Å². The first kappa shape index (κ1) is 19.3. The minimum atomic E-state index is -3.09. The van der Waals surface area contributed by atoms with E-state index in [4.69, 9.17) is 0 Å². The maximum atomic E-state index is 12.6. The lowest BCUT2D eigenvalue weighted by Gasteiger charge is -2.23. The number of aromatic nitrogens is 2. The molecule has 1 saturated heterocycles. The van der Waals surface area contributed by atoms with Gasteiger partial charge in [0, 0.05) is 24.7 Å². The zero-order valence-electron chi connectivity index (χ0n) is 16.0. The second kappa shape index (κ2) is 7.44. The Morgan fingerprint density at radius 2 is 1.90 bits per heavy atom. The highest BCUT2D eigenvalue weighted by molar-refractivity contribution is 7.91. The van der Waals surface area contributed by atoms with E-state index in [-0.39, 0.29) is 35.6 Å². The van der Waals surface area contributed by atoms with Crippen LogP contribution < -0.4 is 5.56 Å². The molecule has 1 aliphatic rings. The van der Waals surface area contributed by atoms with Crippen molar-refractivity contribution in [1.29, 1.82) is 0 Å². The first-order chi connectivity index (χ1) is 13.8. The summed E-state index contributed by atoms with van der Waals surface area (Å²) in [6.45, 7) is -0.229. The van der Waals surface area contributed by atoms with E-state index in [9.17, 15) is 18.0 Å². The van der Waals surface area contributed by atoms with Gasteiger partial charge in [-0.25, -0.2) is 13.1 Å². The number of rotatable bonds is 4. The Balaban J connectivity index is 1.58. The molecule has 2 aromatic carbocycles. The number of nitrogens with zero attached hydrogens (tertiary/aromatic N) is 3. The number of carbonyl (C=O) groups excluding carboxylic acids is 1. The van der Waals surface area contributed by atoms with Crippen molar-refractivity contribution in [1.82, 2.24) is 14.7 Å². The molecule has 1 fully saturated rings. The molecule has 1 aliphatic heterocycles. The lowest BCUT2D eigenvalue weighted by molar-refractivity contribution is -0.132. The Bertz CT molecular complexity index is 1250. The normalized spacial score (nSPS) is 18.0. The van der Waals surface area contributed by atoms with Gasteiger partial charge in [-0.05, 0) is 29.3 Å². The van der Waals surface area contributed by atoms with Crippen LogP contribution in [0.1, 0.15) is 6.42 Å². The van der Waals surface area contributed by atoms with E-state index < -0.39 is 9.84 Å². The fourth-order valence-electron chi connectivity index (χ4n) is 3.59. The second-order valence-electron chi connectivity index (χ2n) is 7.34. The van der Waals surface area contributed by atoms with Crippen LogP contribution in [0, 0.1) is 0 Å². The molecule has 0 bridgehead atoms. The Hall–Kier alpha value is -3.00. The predicted octanol–water partition coefficient (Wildman–Crippen LogP) is 1.71. The Kier molecular flexibility index (Phi) is 4.96. The molecule has 150 valence electrons. The molecule has 4 rings (SSSR count). The molecule has 1 atom stereocenters. The van der Waals surface area contributed by atoms with Gasteiger partial charge in [0.2, 0.25) is 5.91 Å². The number of amides is 1. The zero-order chi connectivity index (χ0) is 20.6. The summed E-state index contributed by atoms with van der Waals surface area (Å²) >= 11 is 0. The minimum absolute atomic E-state index is 0.0330. The summed E-state index contributed by atoms with van der Waals surface area (Å²) < 4.78 is 24.5. The topological polar surface area (TPSA) is 89.3 Å². The van der Waals surface area contributed by atoms with Crippen LogP contribution in [-0.4, -0.2) is 53.6 Å². The quantitative estimate of drug-likeness (QED) is 0.652. The maximum absolute atomic E-state index is 12.6. The summed E-state index contributed by atoms with van der Waals surface area (Å²) in [5.74, 6) is -0.281. The summed E-state index contributed by atoms with van der Waals surface area (Å²) in [4.78, 5) is 26.3. The molecule has 1 aromatic heterocycles. The number of carbonyl (C=O) groups is 1. The van der Waals surface area contributed by atoms with Crippen LogP contribution in [0.4, 0.5) is 0 Å². The Labute approximate surface area is 168 Å². The van der Waals surface area contributed by atoms with Gasteiger partial charge in [-0.3, -0.25) is 9.59 Å². The minimum Gasteiger partial charge on any atom is -0.340 e. The molecule has 8 heteroatoms. The van der Waals surface area contributed by atoms with Crippen molar-refractivity contribution >= 4 is 26.5 Å². The van der Waals surface area contributed by atoms with E-state index in [1.54, 1.807) is 13.1 Å². The van der Waals surface area contributed by atoms with Crippen LogP contribution in [0.15, 0.2) is 59.4 Å². The number of hydrogen-bond donors (Lipinski definition) is 0. The van der Waals surface area contributed by atoms with Crippen LogP contribution in [0.25, 0.3) is 22.0 Å². The lowest BCUT2D eigenvalue weighted by atomic mass is 10.1. The van der Waals surface area contributed by atoms with E-state index in [0.717, 1.165) is 21.0 Å². The van der Waals surface area contributed by atoms with Gasteiger partial charge in [0.1, 0.15) is 6.54 Å². The van der Waals surface area contributed by atoms with Crippen molar-refractivity contribution in [3.63, 3.8) is 0 Å². The van der Waals surface area contributed by atoms with Gasteiger partial charge in [-0.15, -0.1) is 0 Å². The predicted molar refractivity (Wildman–Crippen MR) is 111 cm³/mol. The van der Waals surface area contributed by atoms with E-state index >= 15 is 0 Å². The fourth-order valence-corrected chi connectivity index (χ4v) is 5.36. The van der Waals surface area contributed by atoms with Crippen molar-refractivity contribution in [2.75, 3.05) is 18.6 Å². The summed E-state index contributed by atoms with van der Waals surface area (Å²) in [5, 5.41) is 6.53. The highest BCUT2D eigenvalue weighted by Crippen LogP contribution is 2.22. The van der Waals surface area contributed by atoms with Crippen molar-refractivity contribution in [2.24, 2.45) is 0 Å². The number of sulfone groups is 1. The molecule has 0 aliphatic carbocycles. The molecule has 0 saturated carbocycles. The first-order valence-electron chi connectivity index (χ1n) is 9.36. The first-order valence-corrected chi connectivity index (χ1v) is 11.2. The number of benzene rings is 2. The van der Waals surface area contributed by atoms with Gasteiger partial charge in [-0.1, -0.05) is 36.4 Å². The third-order valence-electron chi connectivity index (χ3n) is 5.35. The average molecular weight is 411 g/mol. The lowest BCUT2D eigenvalue weighted by Crippen LogP contribution is -2.41. The largest absolute Gasteiger partial charge is 0.340 e. The van der Waals surface area contributed by atoms with Gasteiger partial charge in [0.15, 0.2) is 9.84 Å². The molecular weight excluding hydrogens is 390 g/mol. The van der Waals surface area contributed by atoms with Gasteiger partial charge in [-0.2, -0.15) is 5.10 Å². The monoisotopic (exact) mass is 411 g/mol. The Morgan fingerprint density at radius 1 is 1.14 bits per heavy atom. The maximum Gasteiger partial charge on any atom is 0.267 e. The molecule has 0 N–H and O–H groups in total. The fraction of sp³-hybridized carbons (Fsp3) is 0.286. The molecule has 0 radical (unpaired) electrons. The molecule has 0 unspecified atom stereocenters. The van der Waals surface area contributed by atoms with E-state index in [1.807, 2.05) is 42.5 Å². The van der Waals surface area contributed by atoms with E-state index in [0.29, 0.717) is 12.1 Å². The van der Waals surface area contributed by atoms with Crippen LogP contribution in [0.5, 0.6) is 0 Å².